The van der Waals surface area contributed by atoms with E-state index in [4.69, 9.17) is 18.9 Å². The Labute approximate surface area is 252 Å². The van der Waals surface area contributed by atoms with Gasteiger partial charge >= 0.3 is 0 Å². The number of ether oxygens (including phenoxy) is 4. The van der Waals surface area contributed by atoms with E-state index in [0.29, 0.717) is 32.1 Å². The highest BCUT2D eigenvalue weighted by Crippen LogP contribution is 2.38. The van der Waals surface area contributed by atoms with E-state index in [1.165, 1.54) is 0 Å². The number of hydrogen-bond acceptors (Lipinski definition) is 6. The van der Waals surface area contributed by atoms with Crippen LogP contribution in [0.5, 0.6) is 11.5 Å². The quantitative estimate of drug-likeness (QED) is 0.180. The first-order valence-electron chi connectivity index (χ1n) is 14.8. The molecule has 1 aliphatic carbocycles. The average Bonchev–Trinajstić information content (AvgIpc) is 3.47. The first-order valence-corrected chi connectivity index (χ1v) is 14.8. The van der Waals surface area contributed by atoms with Gasteiger partial charge in [0, 0.05) is 18.5 Å². The van der Waals surface area contributed by atoms with Gasteiger partial charge in [-0.3, -0.25) is 9.59 Å². The van der Waals surface area contributed by atoms with Crippen molar-refractivity contribution in [3.8, 4) is 22.6 Å². The maximum Gasteiger partial charge on any atom is 0.263 e. The summed E-state index contributed by atoms with van der Waals surface area (Å²) in [6.45, 7) is 4.97. The second kappa shape index (κ2) is 14.7. The molecule has 8 nitrogen and oxygen atoms in total. The van der Waals surface area contributed by atoms with Gasteiger partial charge in [-0.25, -0.2) is 0 Å². The molecule has 1 N–H and O–H groups in total. The molecule has 0 saturated heterocycles. The minimum Gasteiger partial charge on any atom is -0.496 e. The summed E-state index contributed by atoms with van der Waals surface area (Å²) < 4.78 is 23.8. The van der Waals surface area contributed by atoms with Gasteiger partial charge in [-0.2, -0.15) is 0 Å². The number of amides is 1. The highest BCUT2D eigenvalue weighted by molar-refractivity contribution is 6.04. The van der Waals surface area contributed by atoms with Gasteiger partial charge in [0.05, 0.1) is 33.0 Å². The predicted octanol–water partition coefficient (Wildman–Crippen LogP) is 6.13. The molecule has 43 heavy (non-hydrogen) atoms. The van der Waals surface area contributed by atoms with Crippen molar-refractivity contribution in [3.63, 3.8) is 0 Å². The molecule has 1 atom stereocenters. The van der Waals surface area contributed by atoms with Crippen molar-refractivity contribution >= 4 is 11.6 Å². The van der Waals surface area contributed by atoms with Crippen LogP contribution in [0.3, 0.4) is 0 Å². The number of pyridine rings is 1. The molecule has 0 spiro atoms. The first kappa shape index (κ1) is 30.1. The highest BCUT2D eigenvalue weighted by atomic mass is 16.5. The number of fused-ring (bicyclic) bond motifs is 1. The number of nitrogens with one attached hydrogen (secondary N) is 1. The minimum absolute atomic E-state index is 0.105. The molecule has 1 aromatic heterocycles. The van der Waals surface area contributed by atoms with Gasteiger partial charge in [-0.05, 0) is 84.0 Å². The van der Waals surface area contributed by atoms with Crippen molar-refractivity contribution in [2.75, 3.05) is 45.5 Å². The Bertz CT molecular complexity index is 1560. The molecular formula is C35H38N2O6. The molecule has 0 radical (unpaired) electrons. The Morgan fingerprint density at radius 2 is 1.56 bits per heavy atom. The van der Waals surface area contributed by atoms with Crippen molar-refractivity contribution in [3.05, 3.63) is 112 Å². The monoisotopic (exact) mass is 582 g/mol. The maximum atomic E-state index is 13.4. The van der Waals surface area contributed by atoms with Gasteiger partial charge in [0.2, 0.25) is 0 Å². The molecule has 1 amide bonds. The predicted molar refractivity (Wildman–Crippen MR) is 167 cm³/mol. The molecule has 3 aromatic carbocycles. The SMILES string of the molecule is CCCOCCOCCOc1ccc(-c2ccc(NC(=O)c3cccn(C4CCc5c(OC)cccc54)c3=O)cc2)cc1. The summed E-state index contributed by atoms with van der Waals surface area (Å²) in [7, 11) is 1.66. The Kier molecular flexibility index (Phi) is 10.3. The lowest BCUT2D eigenvalue weighted by molar-refractivity contribution is 0.0366. The summed E-state index contributed by atoms with van der Waals surface area (Å²) in [5, 5.41) is 2.88. The summed E-state index contributed by atoms with van der Waals surface area (Å²) in [6.07, 6.45) is 4.35. The maximum absolute atomic E-state index is 13.4. The fourth-order valence-corrected chi connectivity index (χ4v) is 5.38. The zero-order valence-electron chi connectivity index (χ0n) is 24.7. The van der Waals surface area contributed by atoms with Gasteiger partial charge in [0.25, 0.3) is 11.5 Å². The standard InChI is InChI=1S/C35H38N2O6/c1-3-20-41-21-22-42-23-24-43-28-15-11-26(12-16-28)25-9-13-27(14-10-25)36-34(38)31-7-5-19-37(35(31)39)32-18-17-30-29(32)6-4-8-33(30)40-2/h4-16,19,32H,3,17-18,20-24H2,1-2H3,(H,36,38). The van der Waals surface area contributed by atoms with Gasteiger partial charge in [-0.15, -0.1) is 0 Å². The summed E-state index contributed by atoms with van der Waals surface area (Å²) in [6, 6.07) is 24.5. The summed E-state index contributed by atoms with van der Waals surface area (Å²) in [5.41, 5.74) is 4.60. The van der Waals surface area contributed by atoms with E-state index in [9.17, 15) is 9.59 Å². The molecule has 0 saturated carbocycles. The fraction of sp³-hybridized carbons (Fsp3) is 0.314. The molecular weight excluding hydrogens is 544 g/mol. The zero-order valence-corrected chi connectivity index (χ0v) is 24.7. The van der Waals surface area contributed by atoms with Crippen LogP contribution in [-0.4, -0.2) is 50.6 Å². The zero-order chi connectivity index (χ0) is 30.0. The second-order valence-electron chi connectivity index (χ2n) is 10.3. The first-order chi connectivity index (χ1) is 21.1. The third-order valence-corrected chi connectivity index (χ3v) is 7.52. The third kappa shape index (κ3) is 7.34. The van der Waals surface area contributed by atoms with Gasteiger partial charge < -0.3 is 28.8 Å². The van der Waals surface area contributed by atoms with E-state index in [-0.39, 0.29) is 17.2 Å². The number of hydrogen-bond donors (Lipinski definition) is 1. The van der Waals surface area contributed by atoms with Crippen molar-refractivity contribution in [1.82, 2.24) is 4.57 Å². The lowest BCUT2D eigenvalue weighted by Gasteiger charge is -2.17. The van der Waals surface area contributed by atoms with Crippen LogP contribution >= 0.6 is 0 Å². The molecule has 0 aliphatic heterocycles. The van der Waals surface area contributed by atoms with Gasteiger partial charge in [0.15, 0.2) is 0 Å². The van der Waals surface area contributed by atoms with E-state index < -0.39 is 5.91 Å². The normalized spacial score (nSPS) is 13.9. The molecule has 4 aromatic rings. The van der Waals surface area contributed by atoms with Gasteiger partial charge in [-0.1, -0.05) is 43.3 Å². The molecule has 0 fully saturated rings. The van der Waals surface area contributed by atoms with Crippen LogP contribution in [0.1, 0.15) is 47.3 Å². The lowest BCUT2D eigenvalue weighted by atomic mass is 10.1. The van der Waals surface area contributed by atoms with Crippen LogP contribution in [0, 0.1) is 0 Å². The minimum atomic E-state index is -0.435. The fourth-order valence-electron chi connectivity index (χ4n) is 5.38. The number of aromatic nitrogens is 1. The summed E-state index contributed by atoms with van der Waals surface area (Å²) >= 11 is 0. The molecule has 1 aliphatic rings. The molecule has 0 bridgehead atoms. The summed E-state index contributed by atoms with van der Waals surface area (Å²) in [4.78, 5) is 26.6. The van der Waals surface area contributed by atoms with Crippen molar-refractivity contribution < 1.29 is 23.7 Å². The van der Waals surface area contributed by atoms with Crippen LogP contribution in [-0.2, 0) is 15.9 Å². The molecule has 1 unspecified atom stereocenters. The Morgan fingerprint density at radius 1 is 0.860 bits per heavy atom. The average molecular weight is 583 g/mol. The number of benzene rings is 3. The topological polar surface area (TPSA) is 88.0 Å². The van der Waals surface area contributed by atoms with Gasteiger partial charge in [0.1, 0.15) is 23.7 Å². The smallest absolute Gasteiger partial charge is 0.263 e. The second-order valence-corrected chi connectivity index (χ2v) is 10.3. The number of carbonyl (C=O) groups is 1. The lowest BCUT2D eigenvalue weighted by Crippen LogP contribution is -2.30. The number of anilines is 1. The Hall–Kier alpha value is -4.40. The van der Waals surface area contributed by atoms with Crippen LogP contribution in [0.15, 0.2) is 89.9 Å². The molecule has 8 heteroatoms. The molecule has 224 valence electrons. The molecule has 1 heterocycles. The summed E-state index contributed by atoms with van der Waals surface area (Å²) in [5.74, 6) is 1.17. The third-order valence-electron chi connectivity index (χ3n) is 7.52. The number of nitrogens with zero attached hydrogens (tertiary/aromatic N) is 1. The highest BCUT2D eigenvalue weighted by Gasteiger charge is 2.28. The number of methoxy groups -OCH3 is 1. The van der Waals surface area contributed by atoms with E-state index in [2.05, 4.69) is 12.2 Å². The van der Waals surface area contributed by atoms with Crippen molar-refractivity contribution in [2.45, 2.75) is 32.2 Å². The van der Waals surface area contributed by atoms with E-state index in [0.717, 1.165) is 59.6 Å². The Morgan fingerprint density at radius 3 is 2.28 bits per heavy atom. The number of carbonyl (C=O) groups excluding carboxylic acids is 1. The number of rotatable bonds is 14. The van der Waals surface area contributed by atoms with E-state index in [1.807, 2.05) is 66.7 Å². The van der Waals surface area contributed by atoms with Crippen LogP contribution < -0.4 is 20.3 Å². The van der Waals surface area contributed by atoms with Crippen LogP contribution in [0.4, 0.5) is 5.69 Å². The largest absolute Gasteiger partial charge is 0.496 e. The van der Waals surface area contributed by atoms with E-state index in [1.54, 1.807) is 30.0 Å². The van der Waals surface area contributed by atoms with Crippen molar-refractivity contribution in [1.29, 1.82) is 0 Å². The van der Waals surface area contributed by atoms with Crippen molar-refractivity contribution in [2.24, 2.45) is 0 Å². The van der Waals surface area contributed by atoms with Crippen LogP contribution in [0.25, 0.3) is 11.1 Å². The van der Waals surface area contributed by atoms with E-state index >= 15 is 0 Å². The Balaban J connectivity index is 1.17. The molecule has 5 rings (SSSR count). The van der Waals surface area contributed by atoms with Crippen LogP contribution in [0.2, 0.25) is 0 Å².